The molecule has 0 bridgehead atoms. The first-order valence-electron chi connectivity index (χ1n) is 7.50. The molecule has 1 aromatic carbocycles. The van der Waals surface area contributed by atoms with Crippen LogP contribution in [-0.2, 0) is 11.3 Å². The molecular weight excluding hydrogens is 288 g/mol. The van der Waals surface area contributed by atoms with E-state index in [9.17, 15) is 0 Å². The maximum Gasteiger partial charge on any atom is 0.125 e. The molecule has 1 saturated heterocycles. The van der Waals surface area contributed by atoms with Gasteiger partial charge in [-0.1, -0.05) is 31.5 Å². The fourth-order valence-corrected chi connectivity index (χ4v) is 2.53. The molecule has 2 rings (SSSR count). The molecule has 1 aliphatic heterocycles. The Morgan fingerprint density at radius 2 is 2.29 bits per heavy atom. The molecule has 0 amide bonds. The fraction of sp³-hybridized carbons (Fsp3) is 0.625. The first-order chi connectivity index (χ1) is 10.1. The lowest BCUT2D eigenvalue weighted by Crippen LogP contribution is -2.42. The van der Waals surface area contributed by atoms with E-state index in [-0.39, 0.29) is 6.10 Å². The Balaban J connectivity index is 1.96. The zero-order valence-corrected chi connectivity index (χ0v) is 13.8. The van der Waals surface area contributed by atoms with Crippen LogP contribution in [0.1, 0.15) is 19.4 Å². The SMILES string of the molecule is CC(C)NCc1c(Cl)cccc1OCC1CN(C)CCO1. The highest BCUT2D eigenvalue weighted by molar-refractivity contribution is 6.31. The zero-order chi connectivity index (χ0) is 15.2. The van der Waals surface area contributed by atoms with Crippen molar-refractivity contribution < 1.29 is 9.47 Å². The Labute approximate surface area is 132 Å². The number of benzene rings is 1. The summed E-state index contributed by atoms with van der Waals surface area (Å²) >= 11 is 6.30. The van der Waals surface area contributed by atoms with Crippen LogP contribution in [0.25, 0.3) is 0 Å². The van der Waals surface area contributed by atoms with Gasteiger partial charge in [-0.15, -0.1) is 0 Å². The second-order valence-corrected chi connectivity index (χ2v) is 6.23. The van der Waals surface area contributed by atoms with Crippen molar-refractivity contribution in [3.63, 3.8) is 0 Å². The van der Waals surface area contributed by atoms with Crippen molar-refractivity contribution >= 4 is 11.6 Å². The first kappa shape index (κ1) is 16.6. The molecule has 1 fully saturated rings. The Hall–Kier alpha value is -0.810. The summed E-state index contributed by atoms with van der Waals surface area (Å²) in [4.78, 5) is 2.26. The predicted octanol–water partition coefficient (Wildman–Crippen LogP) is 2.55. The van der Waals surface area contributed by atoms with Crippen molar-refractivity contribution in [1.29, 1.82) is 0 Å². The Morgan fingerprint density at radius 3 is 3.00 bits per heavy atom. The number of rotatable bonds is 6. The minimum absolute atomic E-state index is 0.119. The van der Waals surface area contributed by atoms with Gasteiger partial charge >= 0.3 is 0 Å². The third-order valence-electron chi connectivity index (χ3n) is 3.53. The summed E-state index contributed by atoms with van der Waals surface area (Å²) in [5, 5.41) is 4.12. The summed E-state index contributed by atoms with van der Waals surface area (Å²) in [5.74, 6) is 0.840. The predicted molar refractivity (Wildman–Crippen MR) is 86.2 cm³/mol. The van der Waals surface area contributed by atoms with E-state index in [1.54, 1.807) is 0 Å². The number of ether oxygens (including phenoxy) is 2. The van der Waals surface area contributed by atoms with Crippen LogP contribution in [0.15, 0.2) is 18.2 Å². The second-order valence-electron chi connectivity index (χ2n) is 5.82. The van der Waals surface area contributed by atoms with E-state index in [1.165, 1.54) is 0 Å². The highest BCUT2D eigenvalue weighted by atomic mass is 35.5. The maximum absolute atomic E-state index is 6.30. The lowest BCUT2D eigenvalue weighted by atomic mass is 10.2. The van der Waals surface area contributed by atoms with Crippen LogP contribution in [0.2, 0.25) is 5.02 Å². The summed E-state index contributed by atoms with van der Waals surface area (Å²) in [6.07, 6.45) is 0.119. The highest BCUT2D eigenvalue weighted by Crippen LogP contribution is 2.26. The second kappa shape index (κ2) is 7.99. The van der Waals surface area contributed by atoms with E-state index in [0.29, 0.717) is 19.2 Å². The van der Waals surface area contributed by atoms with Gasteiger partial charge in [0.15, 0.2) is 0 Å². The van der Waals surface area contributed by atoms with Gasteiger partial charge in [0.2, 0.25) is 0 Å². The number of nitrogens with one attached hydrogen (secondary N) is 1. The topological polar surface area (TPSA) is 33.7 Å². The van der Waals surface area contributed by atoms with Crippen molar-refractivity contribution in [3.8, 4) is 5.75 Å². The highest BCUT2D eigenvalue weighted by Gasteiger charge is 2.19. The maximum atomic E-state index is 6.30. The zero-order valence-electron chi connectivity index (χ0n) is 13.1. The number of hydrogen-bond acceptors (Lipinski definition) is 4. The third kappa shape index (κ3) is 5.15. The quantitative estimate of drug-likeness (QED) is 0.875. The first-order valence-corrected chi connectivity index (χ1v) is 7.87. The molecule has 1 unspecified atom stereocenters. The number of morpholine rings is 1. The van der Waals surface area contributed by atoms with E-state index in [1.807, 2.05) is 18.2 Å². The van der Waals surface area contributed by atoms with Crippen LogP contribution in [0, 0.1) is 0 Å². The van der Waals surface area contributed by atoms with Crippen molar-refractivity contribution in [2.45, 2.75) is 32.5 Å². The van der Waals surface area contributed by atoms with Gasteiger partial charge in [-0.2, -0.15) is 0 Å². The van der Waals surface area contributed by atoms with Gasteiger partial charge < -0.3 is 19.7 Å². The summed E-state index contributed by atoms with van der Waals surface area (Å²) < 4.78 is 11.7. The van der Waals surface area contributed by atoms with Gasteiger partial charge in [-0.3, -0.25) is 0 Å². The van der Waals surface area contributed by atoms with Gasteiger partial charge in [0.1, 0.15) is 18.5 Å². The van der Waals surface area contributed by atoms with Crippen LogP contribution >= 0.6 is 11.6 Å². The number of hydrogen-bond donors (Lipinski definition) is 1. The number of halogens is 1. The molecule has 21 heavy (non-hydrogen) atoms. The largest absolute Gasteiger partial charge is 0.490 e. The summed E-state index contributed by atoms with van der Waals surface area (Å²) in [6, 6.07) is 6.20. The summed E-state index contributed by atoms with van der Waals surface area (Å²) in [7, 11) is 2.10. The molecule has 0 radical (unpaired) electrons. The molecule has 0 spiro atoms. The molecule has 0 saturated carbocycles. The Kier molecular flexibility index (Phi) is 6.30. The average molecular weight is 313 g/mol. The number of likely N-dealkylation sites (N-methyl/N-ethyl adjacent to an activating group) is 1. The van der Waals surface area contributed by atoms with Gasteiger partial charge in [0.05, 0.1) is 6.61 Å². The normalized spacial score (nSPS) is 20.0. The molecule has 1 aromatic rings. The van der Waals surface area contributed by atoms with Gasteiger partial charge in [-0.25, -0.2) is 0 Å². The molecule has 0 aromatic heterocycles. The van der Waals surface area contributed by atoms with Crippen molar-refractivity contribution in [3.05, 3.63) is 28.8 Å². The summed E-state index contributed by atoms with van der Waals surface area (Å²) in [6.45, 7) is 8.14. The lowest BCUT2D eigenvalue weighted by Gasteiger charge is -2.30. The van der Waals surface area contributed by atoms with E-state index in [2.05, 4.69) is 31.1 Å². The van der Waals surface area contributed by atoms with E-state index in [4.69, 9.17) is 21.1 Å². The average Bonchev–Trinajstić information content (AvgIpc) is 2.44. The number of nitrogens with zero attached hydrogens (tertiary/aromatic N) is 1. The van der Waals surface area contributed by atoms with Crippen molar-refractivity contribution in [1.82, 2.24) is 10.2 Å². The molecule has 118 valence electrons. The van der Waals surface area contributed by atoms with Gasteiger partial charge in [0, 0.05) is 36.3 Å². The molecule has 5 heteroatoms. The molecular formula is C16H25ClN2O2. The van der Waals surface area contributed by atoms with Crippen LogP contribution in [-0.4, -0.2) is 50.4 Å². The van der Waals surface area contributed by atoms with E-state index < -0.39 is 0 Å². The van der Waals surface area contributed by atoms with Gasteiger partial charge in [-0.05, 0) is 19.2 Å². The molecule has 1 aliphatic rings. The van der Waals surface area contributed by atoms with Crippen LogP contribution in [0.5, 0.6) is 5.75 Å². The lowest BCUT2D eigenvalue weighted by molar-refractivity contribution is -0.0404. The van der Waals surface area contributed by atoms with Crippen LogP contribution in [0.3, 0.4) is 0 Å². The van der Waals surface area contributed by atoms with Crippen LogP contribution < -0.4 is 10.1 Å². The standard InChI is InChI=1S/C16H25ClN2O2/c1-12(2)18-9-14-15(17)5-4-6-16(14)21-11-13-10-19(3)7-8-20-13/h4-6,12-13,18H,7-11H2,1-3H3. The van der Waals surface area contributed by atoms with E-state index >= 15 is 0 Å². The molecule has 1 N–H and O–H groups in total. The van der Waals surface area contributed by atoms with Crippen LogP contribution in [0.4, 0.5) is 0 Å². The molecule has 0 aliphatic carbocycles. The third-order valence-corrected chi connectivity index (χ3v) is 3.88. The molecule has 1 heterocycles. The smallest absolute Gasteiger partial charge is 0.125 e. The molecule has 1 atom stereocenters. The summed E-state index contributed by atoms with van der Waals surface area (Å²) in [5.41, 5.74) is 1.01. The minimum Gasteiger partial charge on any atom is -0.490 e. The minimum atomic E-state index is 0.119. The van der Waals surface area contributed by atoms with E-state index in [0.717, 1.165) is 36.0 Å². The Morgan fingerprint density at radius 1 is 1.48 bits per heavy atom. The Bertz CT molecular complexity index is 454. The monoisotopic (exact) mass is 312 g/mol. The van der Waals surface area contributed by atoms with Crippen molar-refractivity contribution in [2.75, 3.05) is 33.4 Å². The fourth-order valence-electron chi connectivity index (χ4n) is 2.30. The van der Waals surface area contributed by atoms with Crippen molar-refractivity contribution in [2.24, 2.45) is 0 Å². The van der Waals surface area contributed by atoms with Gasteiger partial charge in [0.25, 0.3) is 0 Å². The molecule has 4 nitrogen and oxygen atoms in total.